The molecule has 3 aromatic rings. The highest BCUT2D eigenvalue weighted by Gasteiger charge is 2.16. The van der Waals surface area contributed by atoms with E-state index >= 15 is 0 Å². The first-order valence-corrected chi connectivity index (χ1v) is 10.2. The van der Waals surface area contributed by atoms with Gasteiger partial charge < -0.3 is 9.64 Å². The summed E-state index contributed by atoms with van der Waals surface area (Å²) < 4.78 is 7.33. The summed E-state index contributed by atoms with van der Waals surface area (Å²) in [6, 6.07) is 10.2. The SMILES string of the molecule is COCCN(CCc1csc2nc(-c3ccccc3)cn12)C(=O)CC(C)C. The third-order valence-electron chi connectivity index (χ3n) is 4.49. The lowest BCUT2D eigenvalue weighted by Crippen LogP contribution is -2.36. The third kappa shape index (κ3) is 4.96. The molecule has 0 atom stereocenters. The van der Waals surface area contributed by atoms with Crippen LogP contribution in [0.3, 0.4) is 0 Å². The van der Waals surface area contributed by atoms with Gasteiger partial charge in [0.25, 0.3) is 0 Å². The Hall–Kier alpha value is -2.18. The predicted octanol–water partition coefficient (Wildman–Crippen LogP) is 4.13. The van der Waals surface area contributed by atoms with Crippen LogP contribution in [0.4, 0.5) is 0 Å². The summed E-state index contributed by atoms with van der Waals surface area (Å²) in [5.74, 6) is 0.557. The Kier molecular flexibility index (Phi) is 6.63. The van der Waals surface area contributed by atoms with E-state index in [4.69, 9.17) is 9.72 Å². The fourth-order valence-corrected chi connectivity index (χ4v) is 3.96. The molecule has 1 aromatic carbocycles. The van der Waals surface area contributed by atoms with Gasteiger partial charge in [0.05, 0.1) is 12.3 Å². The molecule has 6 heteroatoms. The summed E-state index contributed by atoms with van der Waals surface area (Å²) in [6.45, 7) is 6.04. The number of rotatable bonds is 9. The number of hydrogen-bond donors (Lipinski definition) is 0. The number of amides is 1. The Morgan fingerprint density at radius 3 is 2.74 bits per heavy atom. The highest BCUT2D eigenvalue weighted by Crippen LogP contribution is 2.24. The minimum Gasteiger partial charge on any atom is -0.383 e. The van der Waals surface area contributed by atoms with Gasteiger partial charge in [-0.25, -0.2) is 4.98 Å². The van der Waals surface area contributed by atoms with Gasteiger partial charge in [-0.2, -0.15) is 0 Å². The predicted molar refractivity (Wildman–Crippen MR) is 110 cm³/mol. The van der Waals surface area contributed by atoms with E-state index in [-0.39, 0.29) is 5.91 Å². The van der Waals surface area contributed by atoms with E-state index in [0.717, 1.165) is 22.6 Å². The number of carbonyl (C=O) groups excluding carboxylic acids is 1. The van der Waals surface area contributed by atoms with Gasteiger partial charge in [-0.05, 0) is 5.92 Å². The molecule has 0 N–H and O–H groups in total. The number of aromatic nitrogens is 2. The zero-order valence-corrected chi connectivity index (χ0v) is 17.0. The van der Waals surface area contributed by atoms with Crippen molar-refractivity contribution in [1.82, 2.24) is 14.3 Å². The Morgan fingerprint density at radius 1 is 1.26 bits per heavy atom. The van der Waals surface area contributed by atoms with Crippen LogP contribution in [0.25, 0.3) is 16.2 Å². The van der Waals surface area contributed by atoms with E-state index < -0.39 is 0 Å². The van der Waals surface area contributed by atoms with E-state index in [1.807, 2.05) is 23.1 Å². The number of ether oxygens (including phenoxy) is 1. The van der Waals surface area contributed by atoms with E-state index in [0.29, 0.717) is 32.0 Å². The number of thiazole rings is 1. The molecule has 0 fully saturated rings. The quantitative estimate of drug-likeness (QED) is 0.556. The van der Waals surface area contributed by atoms with Crippen molar-refractivity contribution in [1.29, 1.82) is 0 Å². The highest BCUT2D eigenvalue weighted by molar-refractivity contribution is 7.15. The zero-order chi connectivity index (χ0) is 19.2. The van der Waals surface area contributed by atoms with Gasteiger partial charge in [0.15, 0.2) is 4.96 Å². The van der Waals surface area contributed by atoms with E-state index in [1.54, 1.807) is 18.4 Å². The second kappa shape index (κ2) is 9.15. The molecular weight excluding hydrogens is 358 g/mol. The number of carbonyl (C=O) groups is 1. The van der Waals surface area contributed by atoms with Crippen LogP contribution in [-0.4, -0.2) is 47.0 Å². The molecule has 0 bridgehead atoms. The van der Waals surface area contributed by atoms with E-state index in [9.17, 15) is 4.79 Å². The Labute approximate surface area is 164 Å². The molecule has 1 amide bonds. The second-order valence-electron chi connectivity index (χ2n) is 7.09. The number of fused-ring (bicyclic) bond motifs is 1. The van der Waals surface area contributed by atoms with Crippen LogP contribution in [0.1, 0.15) is 26.0 Å². The van der Waals surface area contributed by atoms with Crippen LogP contribution >= 0.6 is 11.3 Å². The number of imidazole rings is 1. The lowest BCUT2D eigenvalue weighted by molar-refractivity contribution is -0.132. The topological polar surface area (TPSA) is 46.8 Å². The molecule has 3 rings (SSSR count). The smallest absolute Gasteiger partial charge is 0.222 e. The summed E-state index contributed by atoms with van der Waals surface area (Å²) in [5, 5.41) is 2.14. The number of benzene rings is 1. The lowest BCUT2D eigenvalue weighted by atomic mass is 10.1. The molecule has 0 aliphatic heterocycles. The van der Waals surface area contributed by atoms with Crippen molar-refractivity contribution in [2.24, 2.45) is 5.92 Å². The van der Waals surface area contributed by atoms with Gasteiger partial charge in [-0.3, -0.25) is 9.20 Å². The molecule has 0 saturated heterocycles. The minimum absolute atomic E-state index is 0.198. The number of methoxy groups -OCH3 is 1. The van der Waals surface area contributed by atoms with Gasteiger partial charge >= 0.3 is 0 Å². The maximum absolute atomic E-state index is 12.5. The number of nitrogens with zero attached hydrogens (tertiary/aromatic N) is 3. The average molecular weight is 386 g/mol. The normalized spacial score (nSPS) is 11.4. The largest absolute Gasteiger partial charge is 0.383 e. The summed E-state index contributed by atoms with van der Waals surface area (Å²) in [4.78, 5) is 20.2. The van der Waals surface area contributed by atoms with Gasteiger partial charge in [-0.1, -0.05) is 44.2 Å². The van der Waals surface area contributed by atoms with E-state index in [1.165, 1.54) is 5.69 Å². The Bertz CT molecular complexity index is 870. The van der Waals surface area contributed by atoms with Gasteiger partial charge in [0.2, 0.25) is 5.91 Å². The fourth-order valence-electron chi connectivity index (χ4n) is 3.05. The Morgan fingerprint density at radius 2 is 2.04 bits per heavy atom. The maximum atomic E-state index is 12.5. The standard InChI is InChI=1S/C21H27N3O2S/c1-16(2)13-20(25)23(11-12-26-3)10-9-18-15-27-21-22-19(14-24(18)21)17-7-5-4-6-8-17/h4-8,14-16H,9-13H2,1-3H3. The monoisotopic (exact) mass is 385 g/mol. The summed E-state index contributed by atoms with van der Waals surface area (Å²) >= 11 is 1.64. The maximum Gasteiger partial charge on any atom is 0.222 e. The van der Waals surface area contributed by atoms with Crippen molar-refractivity contribution in [2.45, 2.75) is 26.7 Å². The average Bonchev–Trinajstić information content (AvgIpc) is 3.23. The van der Waals surface area contributed by atoms with Crippen molar-refractivity contribution in [3.05, 3.63) is 47.6 Å². The molecule has 27 heavy (non-hydrogen) atoms. The molecule has 0 radical (unpaired) electrons. The Balaban J connectivity index is 1.72. The molecule has 2 aromatic heterocycles. The molecule has 5 nitrogen and oxygen atoms in total. The molecule has 0 saturated carbocycles. The fraction of sp³-hybridized carbons (Fsp3) is 0.429. The second-order valence-corrected chi connectivity index (χ2v) is 7.93. The molecule has 0 unspecified atom stereocenters. The molecule has 0 spiro atoms. The summed E-state index contributed by atoms with van der Waals surface area (Å²) in [7, 11) is 1.67. The molecule has 2 heterocycles. The summed E-state index contributed by atoms with van der Waals surface area (Å²) in [5.41, 5.74) is 3.29. The van der Waals surface area contributed by atoms with Crippen LogP contribution < -0.4 is 0 Å². The van der Waals surface area contributed by atoms with Crippen molar-refractivity contribution in [3.8, 4) is 11.3 Å². The first kappa shape index (κ1) is 19.6. The van der Waals surface area contributed by atoms with Crippen molar-refractivity contribution in [3.63, 3.8) is 0 Å². The van der Waals surface area contributed by atoms with Crippen LogP contribution in [0.2, 0.25) is 0 Å². The molecular formula is C21H27N3O2S. The van der Waals surface area contributed by atoms with Gasteiger partial charge in [-0.15, -0.1) is 11.3 Å². The first-order chi connectivity index (χ1) is 13.1. The van der Waals surface area contributed by atoms with Crippen LogP contribution in [0.5, 0.6) is 0 Å². The lowest BCUT2D eigenvalue weighted by Gasteiger charge is -2.23. The molecule has 0 aliphatic carbocycles. The van der Waals surface area contributed by atoms with Crippen molar-refractivity contribution >= 4 is 22.2 Å². The van der Waals surface area contributed by atoms with Crippen LogP contribution in [0, 0.1) is 5.92 Å². The highest BCUT2D eigenvalue weighted by atomic mass is 32.1. The van der Waals surface area contributed by atoms with Gasteiger partial charge in [0, 0.05) is 55.9 Å². The van der Waals surface area contributed by atoms with Crippen LogP contribution in [-0.2, 0) is 16.0 Å². The summed E-state index contributed by atoms with van der Waals surface area (Å²) in [6.07, 6.45) is 3.47. The molecule has 0 aliphatic rings. The number of hydrogen-bond acceptors (Lipinski definition) is 4. The zero-order valence-electron chi connectivity index (χ0n) is 16.2. The van der Waals surface area contributed by atoms with Crippen LogP contribution in [0.15, 0.2) is 41.9 Å². The first-order valence-electron chi connectivity index (χ1n) is 9.36. The molecule has 144 valence electrons. The third-order valence-corrected chi connectivity index (χ3v) is 5.38. The van der Waals surface area contributed by atoms with Gasteiger partial charge in [0.1, 0.15) is 0 Å². The van der Waals surface area contributed by atoms with Crippen molar-refractivity contribution in [2.75, 3.05) is 26.8 Å². The van der Waals surface area contributed by atoms with E-state index in [2.05, 4.69) is 42.0 Å². The van der Waals surface area contributed by atoms with Crippen molar-refractivity contribution < 1.29 is 9.53 Å². The minimum atomic E-state index is 0.198.